The Hall–Kier alpha value is -3.71. The van der Waals surface area contributed by atoms with E-state index in [1.807, 2.05) is 6.07 Å². The van der Waals surface area contributed by atoms with Crippen LogP contribution in [0.4, 0.5) is 5.69 Å². The van der Waals surface area contributed by atoms with Crippen LogP contribution in [0.1, 0.15) is 15.9 Å². The van der Waals surface area contributed by atoms with E-state index in [1.165, 1.54) is 29.1 Å². The van der Waals surface area contributed by atoms with Gasteiger partial charge in [0, 0.05) is 18.0 Å². The highest BCUT2D eigenvalue weighted by molar-refractivity contribution is 6.32. The van der Waals surface area contributed by atoms with Crippen molar-refractivity contribution in [2.24, 2.45) is 0 Å². The van der Waals surface area contributed by atoms with Crippen LogP contribution in [0, 0.1) is 0 Å². The van der Waals surface area contributed by atoms with Crippen LogP contribution in [-0.4, -0.2) is 25.5 Å². The van der Waals surface area contributed by atoms with Gasteiger partial charge in [-0.2, -0.15) is 0 Å². The van der Waals surface area contributed by atoms with Gasteiger partial charge >= 0.3 is 0 Å². The summed E-state index contributed by atoms with van der Waals surface area (Å²) in [6.07, 6.45) is 4.82. The molecule has 0 saturated heterocycles. The first-order valence-corrected chi connectivity index (χ1v) is 9.07. The standard InChI is InChI=1S/C21H15ClN4O3/c22-15-9-14(6-7-18(15)27)20(28)25-17-5-1-4-16-19(17)21(29)26(12-24-16)11-13-3-2-8-23-10-13/h1-10,12,27H,11H2,(H,25,28). The number of carbonyl (C=O) groups is 1. The molecule has 0 radical (unpaired) electrons. The third-order valence-electron chi connectivity index (χ3n) is 4.39. The van der Waals surface area contributed by atoms with E-state index in [4.69, 9.17) is 11.6 Å². The minimum atomic E-state index is -0.457. The Labute approximate surface area is 170 Å². The molecule has 2 N–H and O–H groups in total. The van der Waals surface area contributed by atoms with E-state index in [0.717, 1.165) is 5.56 Å². The molecule has 29 heavy (non-hydrogen) atoms. The average molecular weight is 407 g/mol. The summed E-state index contributed by atoms with van der Waals surface area (Å²) in [5, 5.41) is 12.6. The van der Waals surface area contributed by atoms with Crippen LogP contribution in [0.25, 0.3) is 10.9 Å². The smallest absolute Gasteiger partial charge is 0.263 e. The molecule has 0 atom stereocenters. The quantitative estimate of drug-likeness (QED) is 0.541. The van der Waals surface area contributed by atoms with Gasteiger partial charge in [-0.1, -0.05) is 23.7 Å². The number of aromatic nitrogens is 3. The van der Waals surface area contributed by atoms with Crippen LogP contribution in [-0.2, 0) is 6.54 Å². The van der Waals surface area contributed by atoms with Crippen LogP contribution in [0.3, 0.4) is 0 Å². The second-order valence-electron chi connectivity index (χ2n) is 6.36. The minimum Gasteiger partial charge on any atom is -0.506 e. The van der Waals surface area contributed by atoms with E-state index in [9.17, 15) is 14.7 Å². The maximum Gasteiger partial charge on any atom is 0.263 e. The summed E-state index contributed by atoms with van der Waals surface area (Å²) in [6, 6.07) is 12.9. The third kappa shape index (κ3) is 3.81. The van der Waals surface area contributed by atoms with Crippen molar-refractivity contribution in [3.05, 3.63) is 93.8 Å². The van der Waals surface area contributed by atoms with Gasteiger partial charge < -0.3 is 10.4 Å². The van der Waals surface area contributed by atoms with Crippen molar-refractivity contribution in [3.63, 3.8) is 0 Å². The molecular weight excluding hydrogens is 392 g/mol. The van der Waals surface area contributed by atoms with Gasteiger partial charge in [0.2, 0.25) is 0 Å². The molecule has 1 amide bonds. The predicted molar refractivity (Wildman–Crippen MR) is 110 cm³/mol. The van der Waals surface area contributed by atoms with Crippen molar-refractivity contribution in [3.8, 4) is 5.75 Å². The summed E-state index contributed by atoms with van der Waals surface area (Å²) in [5.74, 6) is -0.572. The molecule has 4 aromatic rings. The summed E-state index contributed by atoms with van der Waals surface area (Å²) in [4.78, 5) is 34.1. The van der Waals surface area contributed by atoms with E-state index in [0.29, 0.717) is 23.1 Å². The van der Waals surface area contributed by atoms with Crippen molar-refractivity contribution in [1.82, 2.24) is 14.5 Å². The molecule has 0 fully saturated rings. The largest absolute Gasteiger partial charge is 0.506 e. The van der Waals surface area contributed by atoms with Crippen LogP contribution in [0.5, 0.6) is 5.75 Å². The lowest BCUT2D eigenvalue weighted by Gasteiger charge is -2.11. The fraction of sp³-hybridized carbons (Fsp3) is 0.0476. The number of phenols is 1. The molecule has 0 saturated carbocycles. The summed E-state index contributed by atoms with van der Waals surface area (Å²) < 4.78 is 1.46. The first-order chi connectivity index (χ1) is 14.0. The van der Waals surface area contributed by atoms with Crippen LogP contribution < -0.4 is 10.9 Å². The number of fused-ring (bicyclic) bond motifs is 1. The molecule has 0 aliphatic heterocycles. The van der Waals surface area contributed by atoms with Crippen molar-refractivity contribution < 1.29 is 9.90 Å². The highest BCUT2D eigenvalue weighted by Crippen LogP contribution is 2.25. The first kappa shape index (κ1) is 18.6. The number of nitrogens with zero attached hydrogens (tertiary/aromatic N) is 3. The molecule has 2 heterocycles. The van der Waals surface area contributed by atoms with Gasteiger partial charge in [-0.3, -0.25) is 19.1 Å². The number of hydrogen-bond donors (Lipinski definition) is 2. The zero-order valence-corrected chi connectivity index (χ0v) is 15.8. The first-order valence-electron chi connectivity index (χ1n) is 8.70. The average Bonchev–Trinajstić information content (AvgIpc) is 2.73. The number of hydrogen-bond acceptors (Lipinski definition) is 5. The molecule has 0 bridgehead atoms. The number of carbonyl (C=O) groups excluding carboxylic acids is 1. The predicted octanol–water partition coefficient (Wildman–Crippen LogP) is 3.45. The van der Waals surface area contributed by atoms with E-state index < -0.39 is 5.91 Å². The molecule has 7 nitrogen and oxygen atoms in total. The third-order valence-corrected chi connectivity index (χ3v) is 4.69. The molecule has 4 rings (SSSR count). The maximum absolute atomic E-state index is 13.1. The topological polar surface area (TPSA) is 97.1 Å². The fourth-order valence-corrected chi connectivity index (χ4v) is 3.13. The number of benzene rings is 2. The second-order valence-corrected chi connectivity index (χ2v) is 6.77. The number of phenolic OH excluding ortho intramolecular Hbond substituents is 1. The number of nitrogens with one attached hydrogen (secondary N) is 1. The molecule has 0 unspecified atom stereocenters. The molecule has 144 valence electrons. The van der Waals surface area contributed by atoms with Crippen molar-refractivity contribution in [1.29, 1.82) is 0 Å². The highest BCUT2D eigenvalue weighted by atomic mass is 35.5. The zero-order valence-electron chi connectivity index (χ0n) is 15.0. The maximum atomic E-state index is 13.1. The molecule has 8 heteroatoms. The Morgan fingerprint density at radius 3 is 2.79 bits per heavy atom. The molecule has 2 aromatic carbocycles. The molecule has 2 aromatic heterocycles. The zero-order chi connectivity index (χ0) is 20.4. The van der Waals surface area contributed by atoms with Gasteiger partial charge in [-0.15, -0.1) is 0 Å². The minimum absolute atomic E-state index is 0.0658. The summed E-state index contributed by atoms with van der Waals surface area (Å²) in [5.41, 5.74) is 1.65. The SMILES string of the molecule is O=C(Nc1cccc2ncn(Cc3cccnc3)c(=O)c12)c1ccc(O)c(Cl)c1. The van der Waals surface area contributed by atoms with Gasteiger partial charge in [-0.05, 0) is 42.0 Å². The van der Waals surface area contributed by atoms with Crippen molar-refractivity contribution in [2.45, 2.75) is 6.54 Å². The Kier molecular flexibility index (Phi) is 4.97. The van der Waals surface area contributed by atoms with Crippen molar-refractivity contribution in [2.75, 3.05) is 5.32 Å². The van der Waals surface area contributed by atoms with E-state index in [2.05, 4.69) is 15.3 Å². The normalized spacial score (nSPS) is 10.8. The van der Waals surface area contributed by atoms with Gasteiger partial charge in [0.25, 0.3) is 11.5 Å². The highest BCUT2D eigenvalue weighted by Gasteiger charge is 2.14. The molecule has 0 aliphatic rings. The van der Waals surface area contributed by atoms with Gasteiger partial charge in [0.1, 0.15) is 5.75 Å². The van der Waals surface area contributed by atoms with Crippen LogP contribution >= 0.6 is 11.6 Å². The number of aromatic hydroxyl groups is 1. The van der Waals surface area contributed by atoms with Gasteiger partial charge in [0.05, 0.1) is 34.5 Å². The van der Waals surface area contributed by atoms with E-state index in [1.54, 1.807) is 36.7 Å². The fourth-order valence-electron chi connectivity index (χ4n) is 2.95. The van der Waals surface area contributed by atoms with Crippen LogP contribution in [0.15, 0.2) is 72.0 Å². The van der Waals surface area contributed by atoms with E-state index >= 15 is 0 Å². The monoisotopic (exact) mass is 406 g/mol. The number of rotatable bonds is 4. The second kappa shape index (κ2) is 7.73. The summed E-state index contributed by atoms with van der Waals surface area (Å²) in [6.45, 7) is 0.311. The Morgan fingerprint density at radius 2 is 2.03 bits per heavy atom. The number of halogens is 1. The lowest BCUT2D eigenvalue weighted by Crippen LogP contribution is -2.23. The molecular formula is C21H15ClN4O3. The van der Waals surface area contributed by atoms with Gasteiger partial charge in [-0.25, -0.2) is 4.98 Å². The van der Waals surface area contributed by atoms with Crippen LogP contribution in [0.2, 0.25) is 5.02 Å². The lowest BCUT2D eigenvalue weighted by molar-refractivity contribution is 0.102. The Bertz CT molecular complexity index is 1270. The Balaban J connectivity index is 1.72. The van der Waals surface area contributed by atoms with Gasteiger partial charge in [0.15, 0.2) is 0 Å². The number of amides is 1. The Morgan fingerprint density at radius 1 is 1.17 bits per heavy atom. The van der Waals surface area contributed by atoms with Crippen molar-refractivity contribution >= 4 is 34.1 Å². The summed E-state index contributed by atoms with van der Waals surface area (Å²) >= 11 is 5.88. The molecule has 0 spiro atoms. The lowest BCUT2D eigenvalue weighted by atomic mass is 10.1. The number of pyridine rings is 1. The molecule has 0 aliphatic carbocycles. The summed E-state index contributed by atoms with van der Waals surface area (Å²) in [7, 11) is 0. The number of anilines is 1. The van der Waals surface area contributed by atoms with E-state index in [-0.39, 0.29) is 21.9 Å².